The van der Waals surface area contributed by atoms with Crippen LogP contribution in [0, 0.1) is 46.3 Å². The highest BCUT2D eigenvalue weighted by Crippen LogP contribution is 2.68. The molecule has 4 aliphatic rings. The molecular formula is C25H42O4. The van der Waals surface area contributed by atoms with E-state index >= 15 is 0 Å². The number of hydrogen-bond donors (Lipinski definition) is 3. The zero-order chi connectivity index (χ0) is 21.0. The predicted octanol–water partition coefficient (Wildman–Crippen LogP) is 4.13. The molecule has 166 valence electrons. The van der Waals surface area contributed by atoms with Crippen LogP contribution in [0.25, 0.3) is 0 Å². The van der Waals surface area contributed by atoms with Crippen LogP contribution >= 0.6 is 0 Å². The molecule has 0 spiro atoms. The summed E-state index contributed by atoms with van der Waals surface area (Å²) in [7, 11) is 0. The number of ether oxygens (including phenoxy) is 1. The summed E-state index contributed by atoms with van der Waals surface area (Å²) in [4.78, 5) is 0. The lowest BCUT2D eigenvalue weighted by molar-refractivity contribution is -0.189. The monoisotopic (exact) mass is 406 g/mol. The predicted molar refractivity (Wildman–Crippen MR) is 114 cm³/mol. The van der Waals surface area contributed by atoms with Gasteiger partial charge in [0.15, 0.2) is 0 Å². The van der Waals surface area contributed by atoms with Crippen LogP contribution in [0.1, 0.15) is 72.6 Å². The number of allylic oxidation sites excluding steroid dienone is 1. The Morgan fingerprint density at radius 1 is 0.966 bits per heavy atom. The molecule has 0 radical (unpaired) electrons. The van der Waals surface area contributed by atoms with Gasteiger partial charge in [0.2, 0.25) is 0 Å². The van der Waals surface area contributed by atoms with Gasteiger partial charge in [-0.15, -0.1) is 0 Å². The first-order chi connectivity index (χ1) is 13.8. The molecule has 0 heterocycles. The van der Waals surface area contributed by atoms with E-state index in [9.17, 15) is 15.3 Å². The van der Waals surface area contributed by atoms with Gasteiger partial charge in [0.25, 0.3) is 0 Å². The fraction of sp³-hybridized carbons (Fsp3) is 0.920. The van der Waals surface area contributed by atoms with Crippen LogP contribution in [-0.4, -0.2) is 40.4 Å². The van der Waals surface area contributed by atoms with Gasteiger partial charge in [-0.1, -0.05) is 26.0 Å². The summed E-state index contributed by atoms with van der Waals surface area (Å²) in [5.41, 5.74) is 0.400. The molecule has 4 rings (SSSR count). The van der Waals surface area contributed by atoms with E-state index in [0.29, 0.717) is 29.6 Å². The van der Waals surface area contributed by atoms with E-state index in [-0.39, 0.29) is 41.9 Å². The minimum atomic E-state index is -0.270. The molecule has 0 amide bonds. The van der Waals surface area contributed by atoms with Gasteiger partial charge in [0.1, 0.15) is 6.79 Å². The van der Waals surface area contributed by atoms with Crippen LogP contribution in [0.3, 0.4) is 0 Å². The Morgan fingerprint density at radius 2 is 1.66 bits per heavy atom. The van der Waals surface area contributed by atoms with E-state index in [1.807, 2.05) is 6.92 Å². The van der Waals surface area contributed by atoms with Crippen LogP contribution in [0.15, 0.2) is 12.2 Å². The van der Waals surface area contributed by atoms with Gasteiger partial charge in [-0.25, -0.2) is 0 Å². The largest absolute Gasteiger partial charge is 0.393 e. The molecule has 5 unspecified atom stereocenters. The van der Waals surface area contributed by atoms with Crippen molar-refractivity contribution in [3.8, 4) is 0 Å². The number of fused-ring (bicyclic) bond motifs is 5. The third-order valence-corrected chi connectivity index (χ3v) is 10.2. The van der Waals surface area contributed by atoms with Crippen LogP contribution < -0.4 is 0 Å². The normalized spacial score (nSPS) is 53.3. The van der Waals surface area contributed by atoms with Crippen molar-refractivity contribution in [2.75, 3.05) is 6.79 Å². The van der Waals surface area contributed by atoms with Gasteiger partial charge in [0.05, 0.1) is 18.3 Å². The third-order valence-electron chi connectivity index (χ3n) is 10.2. The van der Waals surface area contributed by atoms with Gasteiger partial charge >= 0.3 is 0 Å². The van der Waals surface area contributed by atoms with Gasteiger partial charge in [-0.05, 0) is 99.2 Å². The fourth-order valence-electron chi connectivity index (χ4n) is 8.88. The van der Waals surface area contributed by atoms with Crippen molar-refractivity contribution in [2.45, 2.75) is 91.0 Å². The fourth-order valence-corrected chi connectivity index (χ4v) is 8.88. The van der Waals surface area contributed by atoms with E-state index in [2.05, 4.69) is 32.9 Å². The first-order valence-electron chi connectivity index (χ1n) is 12.0. The molecule has 0 saturated heterocycles. The first kappa shape index (κ1) is 21.8. The highest BCUT2D eigenvalue weighted by atomic mass is 16.6. The molecule has 4 aliphatic carbocycles. The minimum absolute atomic E-state index is 0.0690. The maximum Gasteiger partial charge on any atom is 0.143 e. The van der Waals surface area contributed by atoms with Crippen molar-refractivity contribution in [1.29, 1.82) is 0 Å². The zero-order valence-corrected chi connectivity index (χ0v) is 18.8. The quantitative estimate of drug-likeness (QED) is 0.485. The number of hydrogen-bond acceptors (Lipinski definition) is 4. The smallest absolute Gasteiger partial charge is 0.143 e. The second-order valence-corrected chi connectivity index (χ2v) is 11.1. The lowest BCUT2D eigenvalue weighted by Crippen LogP contribution is -2.60. The molecule has 11 atom stereocenters. The molecule has 0 aliphatic heterocycles. The van der Waals surface area contributed by atoms with Crippen LogP contribution in [0.5, 0.6) is 0 Å². The Kier molecular flexibility index (Phi) is 5.96. The second-order valence-electron chi connectivity index (χ2n) is 11.1. The summed E-state index contributed by atoms with van der Waals surface area (Å²) >= 11 is 0. The van der Waals surface area contributed by atoms with Crippen molar-refractivity contribution >= 4 is 0 Å². The van der Waals surface area contributed by atoms with Gasteiger partial charge in [-0.2, -0.15) is 0 Å². The highest BCUT2D eigenvalue weighted by molar-refractivity contribution is 5.14. The van der Waals surface area contributed by atoms with Crippen molar-refractivity contribution in [2.24, 2.45) is 46.3 Å². The lowest BCUT2D eigenvalue weighted by Gasteiger charge is -2.63. The van der Waals surface area contributed by atoms with Crippen LogP contribution in [-0.2, 0) is 4.74 Å². The lowest BCUT2D eigenvalue weighted by atomic mass is 9.42. The molecule has 4 saturated carbocycles. The first-order valence-corrected chi connectivity index (χ1v) is 12.0. The Balaban J connectivity index is 1.63. The molecule has 3 N–H and O–H groups in total. The third kappa shape index (κ3) is 3.24. The Hall–Kier alpha value is -0.420. The van der Waals surface area contributed by atoms with E-state index in [0.717, 1.165) is 25.7 Å². The molecule has 4 fully saturated rings. The minimum Gasteiger partial charge on any atom is -0.393 e. The van der Waals surface area contributed by atoms with E-state index in [1.165, 1.54) is 19.3 Å². The Bertz CT molecular complexity index is 620. The highest BCUT2D eigenvalue weighted by Gasteiger charge is 2.64. The van der Waals surface area contributed by atoms with Crippen molar-refractivity contribution < 1.29 is 20.1 Å². The average molecular weight is 407 g/mol. The molecule has 0 aromatic heterocycles. The Labute approximate surface area is 176 Å². The zero-order valence-electron chi connectivity index (χ0n) is 18.8. The summed E-state index contributed by atoms with van der Waals surface area (Å²) in [5, 5.41) is 31.4. The van der Waals surface area contributed by atoms with E-state index < -0.39 is 0 Å². The van der Waals surface area contributed by atoms with E-state index in [4.69, 9.17) is 4.74 Å². The molecule has 0 bridgehead atoms. The van der Waals surface area contributed by atoms with Gasteiger partial charge in [-0.3, -0.25) is 0 Å². The standard InChI is InChI=1S/C25H42O4/c1-5-6-16-20-13-22(28)23-18-8-7-17(15(2)29-14-26)24(18,3)11-9-19(23)25(20,4)12-10-21(16)27/h5-6,15-23,26-28H,7-14H2,1-4H3/b6-5+/t15-,16-,17?,18?,19?,20?,21+,22+,23?,24+,25+/m0/s1. The summed E-state index contributed by atoms with van der Waals surface area (Å²) in [6.45, 7) is 8.84. The van der Waals surface area contributed by atoms with Crippen molar-refractivity contribution in [1.82, 2.24) is 0 Å². The number of rotatable bonds is 4. The Morgan fingerprint density at radius 3 is 2.34 bits per heavy atom. The SMILES string of the molecule is C/C=C/[C@H]1C2C[C@@H](O)C3C4CCC([C@H](C)OCO)[C@@]4(C)CCC3[C@@]2(C)CC[C@H]1O. The van der Waals surface area contributed by atoms with E-state index in [1.54, 1.807) is 0 Å². The molecule has 4 heteroatoms. The molecular weight excluding hydrogens is 364 g/mol. The molecule has 0 aromatic carbocycles. The van der Waals surface area contributed by atoms with Crippen molar-refractivity contribution in [3.63, 3.8) is 0 Å². The molecule has 4 nitrogen and oxygen atoms in total. The number of aliphatic hydroxyl groups excluding tert-OH is 3. The molecule has 0 aromatic rings. The molecule has 29 heavy (non-hydrogen) atoms. The second kappa shape index (κ2) is 7.93. The summed E-state index contributed by atoms with van der Waals surface area (Å²) in [6, 6.07) is 0. The summed E-state index contributed by atoms with van der Waals surface area (Å²) < 4.78 is 5.62. The summed E-state index contributed by atoms with van der Waals surface area (Å²) in [6.07, 6.45) is 11.3. The topological polar surface area (TPSA) is 69.9 Å². The average Bonchev–Trinajstić information content (AvgIpc) is 3.03. The van der Waals surface area contributed by atoms with Crippen LogP contribution in [0.4, 0.5) is 0 Å². The van der Waals surface area contributed by atoms with Crippen LogP contribution in [0.2, 0.25) is 0 Å². The summed E-state index contributed by atoms with van der Waals surface area (Å²) in [5.74, 6) is 2.46. The van der Waals surface area contributed by atoms with Gasteiger partial charge < -0.3 is 20.1 Å². The van der Waals surface area contributed by atoms with Gasteiger partial charge in [0, 0.05) is 5.92 Å². The maximum atomic E-state index is 11.4. The number of aliphatic hydroxyl groups is 3. The maximum absolute atomic E-state index is 11.4. The van der Waals surface area contributed by atoms with Crippen molar-refractivity contribution in [3.05, 3.63) is 12.2 Å².